The summed E-state index contributed by atoms with van der Waals surface area (Å²) < 4.78 is 0. The molecule has 6 aromatic carbocycles. The number of hydrogen-bond acceptors (Lipinski definition) is 1. The first kappa shape index (κ1) is 26.1. The number of nitrogens with one attached hydrogen (secondary N) is 1. The molecule has 0 spiro atoms. The largest absolute Gasteiger partial charge is 0.356 e. The molecular formula is C40H33N. The molecule has 6 rings (SSSR count). The van der Waals surface area contributed by atoms with E-state index in [2.05, 4.69) is 176 Å². The molecule has 0 atom stereocenters. The molecule has 1 nitrogen and oxygen atoms in total. The molecule has 0 radical (unpaired) electrons. The Morgan fingerprint density at radius 1 is 0.537 bits per heavy atom. The fourth-order valence-corrected chi connectivity index (χ4v) is 5.22. The molecule has 1 N–H and O–H groups in total. The van der Waals surface area contributed by atoms with Crippen molar-refractivity contribution in [3.8, 4) is 0 Å². The monoisotopic (exact) mass is 527 g/mol. The van der Waals surface area contributed by atoms with Crippen molar-refractivity contribution in [2.45, 2.75) is 13.3 Å². The van der Waals surface area contributed by atoms with Crippen molar-refractivity contribution in [3.05, 3.63) is 202 Å². The Morgan fingerprint density at radius 2 is 1.15 bits per heavy atom. The van der Waals surface area contributed by atoms with Gasteiger partial charge in [0.2, 0.25) is 0 Å². The van der Waals surface area contributed by atoms with Crippen LogP contribution in [0.15, 0.2) is 158 Å². The van der Waals surface area contributed by atoms with Gasteiger partial charge in [-0.15, -0.1) is 0 Å². The van der Waals surface area contributed by atoms with Crippen LogP contribution < -0.4 is 15.8 Å². The van der Waals surface area contributed by atoms with Gasteiger partial charge in [0.1, 0.15) is 0 Å². The second-order valence-electron chi connectivity index (χ2n) is 10.5. The molecule has 41 heavy (non-hydrogen) atoms. The minimum atomic E-state index is 0.930. The molecule has 0 aromatic heterocycles. The molecule has 0 fully saturated rings. The summed E-state index contributed by atoms with van der Waals surface area (Å²) in [5.41, 5.74) is 10.9. The molecule has 0 aliphatic carbocycles. The fraction of sp³-hybridized carbons (Fsp3) is 0.0500. The van der Waals surface area contributed by atoms with Crippen molar-refractivity contribution < 1.29 is 0 Å². The van der Waals surface area contributed by atoms with Crippen LogP contribution in [-0.2, 0) is 6.42 Å². The van der Waals surface area contributed by atoms with Gasteiger partial charge in [-0.3, -0.25) is 0 Å². The molecule has 0 heterocycles. The summed E-state index contributed by atoms with van der Waals surface area (Å²) in [6, 6.07) is 56.3. The van der Waals surface area contributed by atoms with Gasteiger partial charge in [-0.05, 0) is 93.1 Å². The topological polar surface area (TPSA) is 12.0 Å². The van der Waals surface area contributed by atoms with Gasteiger partial charge in [0.25, 0.3) is 0 Å². The van der Waals surface area contributed by atoms with E-state index in [1.807, 2.05) is 0 Å². The Morgan fingerprint density at radius 3 is 1.80 bits per heavy atom. The standard InChI is InChI=1S/C40H33N/c1-30-9-8-14-39(27-30)41-38-25-23-37(24-26-38)40(35-19-15-33(16-20-35)28-31-10-4-2-5-11-31)36-21-17-34(18-22-36)29-32-12-6-3-7-13-32/h2-28,41H,29H2,1H3. The quantitative estimate of drug-likeness (QED) is 0.220. The third kappa shape index (κ3) is 6.72. The van der Waals surface area contributed by atoms with E-state index in [9.17, 15) is 0 Å². The van der Waals surface area contributed by atoms with E-state index >= 15 is 0 Å². The second-order valence-corrected chi connectivity index (χ2v) is 10.5. The highest BCUT2D eigenvalue weighted by Crippen LogP contribution is 2.25. The second kappa shape index (κ2) is 12.4. The van der Waals surface area contributed by atoms with Gasteiger partial charge in [0, 0.05) is 11.4 Å². The van der Waals surface area contributed by atoms with E-state index in [0.717, 1.165) is 17.8 Å². The zero-order valence-corrected chi connectivity index (χ0v) is 23.3. The number of benzene rings is 6. The van der Waals surface area contributed by atoms with E-state index in [4.69, 9.17) is 0 Å². The highest BCUT2D eigenvalue weighted by atomic mass is 14.9. The summed E-state index contributed by atoms with van der Waals surface area (Å²) in [5, 5.41) is 5.93. The summed E-state index contributed by atoms with van der Waals surface area (Å²) in [7, 11) is 0. The Labute approximate surface area is 242 Å². The number of aryl methyl sites for hydroxylation is 1. The number of anilines is 2. The van der Waals surface area contributed by atoms with Gasteiger partial charge in [-0.2, -0.15) is 0 Å². The number of hydrogen-bond donors (Lipinski definition) is 1. The summed E-state index contributed by atoms with van der Waals surface area (Å²) in [5.74, 6) is 0. The van der Waals surface area contributed by atoms with Crippen molar-refractivity contribution in [3.63, 3.8) is 0 Å². The van der Waals surface area contributed by atoms with Crippen molar-refractivity contribution in [2.75, 3.05) is 5.32 Å². The van der Waals surface area contributed by atoms with Crippen LogP contribution >= 0.6 is 0 Å². The van der Waals surface area contributed by atoms with Crippen LogP contribution in [-0.4, -0.2) is 0 Å². The maximum absolute atomic E-state index is 3.54. The van der Waals surface area contributed by atoms with Crippen LogP contribution in [0.3, 0.4) is 0 Å². The van der Waals surface area contributed by atoms with Crippen LogP contribution in [0.25, 0.3) is 11.6 Å². The van der Waals surface area contributed by atoms with Crippen molar-refractivity contribution in [1.29, 1.82) is 0 Å². The minimum absolute atomic E-state index is 0.930. The fourth-order valence-electron chi connectivity index (χ4n) is 5.22. The maximum atomic E-state index is 3.54. The molecule has 0 aliphatic rings. The molecule has 0 aliphatic heterocycles. The van der Waals surface area contributed by atoms with Gasteiger partial charge in [-0.1, -0.05) is 133 Å². The molecule has 0 saturated heterocycles. The smallest absolute Gasteiger partial charge is 0.0386 e. The van der Waals surface area contributed by atoms with Crippen LogP contribution in [0.5, 0.6) is 0 Å². The lowest BCUT2D eigenvalue weighted by molar-refractivity contribution is 1.19. The average molecular weight is 528 g/mol. The Bertz CT molecular complexity index is 1830. The van der Waals surface area contributed by atoms with Gasteiger partial charge in [0.15, 0.2) is 0 Å². The first-order valence-electron chi connectivity index (χ1n) is 14.1. The SMILES string of the molecule is Cc1cccc(Nc2ccc(C(c3ccc(Cc4ccccc4)cc3)=c3ccc(=Cc4ccccc4)cc3)cc2)c1. The minimum Gasteiger partial charge on any atom is -0.356 e. The molecule has 0 saturated carbocycles. The van der Waals surface area contributed by atoms with E-state index in [1.54, 1.807) is 0 Å². The summed E-state index contributed by atoms with van der Waals surface area (Å²) in [6.07, 6.45) is 3.15. The van der Waals surface area contributed by atoms with Gasteiger partial charge in [-0.25, -0.2) is 0 Å². The highest BCUT2D eigenvalue weighted by Gasteiger charge is 2.08. The average Bonchev–Trinajstić information content (AvgIpc) is 3.01. The Balaban J connectivity index is 1.37. The van der Waals surface area contributed by atoms with Gasteiger partial charge in [0.05, 0.1) is 0 Å². The highest BCUT2D eigenvalue weighted by molar-refractivity contribution is 5.80. The summed E-state index contributed by atoms with van der Waals surface area (Å²) in [4.78, 5) is 0. The third-order valence-electron chi connectivity index (χ3n) is 7.31. The molecule has 198 valence electrons. The normalized spacial score (nSPS) is 10.7. The van der Waals surface area contributed by atoms with Crippen LogP contribution in [0, 0.1) is 6.92 Å². The molecule has 0 amide bonds. The summed E-state index contributed by atoms with van der Waals surface area (Å²) in [6.45, 7) is 2.11. The molecular weight excluding hydrogens is 494 g/mol. The third-order valence-corrected chi connectivity index (χ3v) is 7.31. The van der Waals surface area contributed by atoms with E-state index in [0.29, 0.717) is 0 Å². The van der Waals surface area contributed by atoms with Gasteiger partial charge < -0.3 is 5.32 Å². The van der Waals surface area contributed by atoms with Crippen LogP contribution in [0.2, 0.25) is 0 Å². The first-order valence-corrected chi connectivity index (χ1v) is 14.1. The number of rotatable bonds is 7. The van der Waals surface area contributed by atoms with Crippen molar-refractivity contribution in [2.24, 2.45) is 0 Å². The lowest BCUT2D eigenvalue weighted by Crippen LogP contribution is -2.12. The predicted octanol–water partition coefficient (Wildman–Crippen LogP) is 8.41. The Kier molecular flexibility index (Phi) is 7.87. The zero-order valence-electron chi connectivity index (χ0n) is 23.3. The lowest BCUT2D eigenvalue weighted by Gasteiger charge is -2.13. The summed E-state index contributed by atoms with van der Waals surface area (Å²) >= 11 is 0. The molecule has 1 heteroatoms. The van der Waals surface area contributed by atoms with Gasteiger partial charge >= 0.3 is 0 Å². The lowest BCUT2D eigenvalue weighted by atomic mass is 9.93. The molecule has 0 unspecified atom stereocenters. The molecule has 0 bridgehead atoms. The van der Waals surface area contributed by atoms with Crippen molar-refractivity contribution in [1.82, 2.24) is 0 Å². The van der Waals surface area contributed by atoms with Crippen LogP contribution in [0.1, 0.15) is 33.4 Å². The predicted molar refractivity (Wildman–Crippen MR) is 174 cm³/mol. The van der Waals surface area contributed by atoms with E-state index in [1.165, 1.54) is 49.4 Å². The van der Waals surface area contributed by atoms with E-state index in [-0.39, 0.29) is 0 Å². The molecule has 6 aromatic rings. The zero-order chi connectivity index (χ0) is 27.9. The maximum Gasteiger partial charge on any atom is 0.0386 e. The van der Waals surface area contributed by atoms with E-state index < -0.39 is 0 Å². The van der Waals surface area contributed by atoms with Crippen LogP contribution in [0.4, 0.5) is 11.4 Å². The Hall–Kier alpha value is -5.14. The van der Waals surface area contributed by atoms with Crippen molar-refractivity contribution >= 4 is 23.0 Å². The first-order chi connectivity index (χ1) is 20.2.